The minimum Gasteiger partial charge on any atom is -0.481 e. The summed E-state index contributed by atoms with van der Waals surface area (Å²) in [6.07, 6.45) is 3.99. The van der Waals surface area contributed by atoms with E-state index in [0.717, 1.165) is 36.3 Å². The number of unbranched alkanes of at least 4 members (excludes halogenated alkanes) is 1. The Morgan fingerprint density at radius 2 is 1.81 bits per heavy atom. The lowest BCUT2D eigenvalue weighted by Gasteiger charge is -2.12. The summed E-state index contributed by atoms with van der Waals surface area (Å²) in [5, 5.41) is 23.6. The molecule has 0 aliphatic carbocycles. The van der Waals surface area contributed by atoms with Gasteiger partial charge in [-0.2, -0.15) is 25.3 Å². The number of carbonyl (C=O) groups is 2. The molecule has 0 aliphatic rings. The van der Waals surface area contributed by atoms with Crippen LogP contribution >= 0.6 is 25.3 Å². The largest absolute Gasteiger partial charge is 0.481 e. The zero-order chi connectivity index (χ0) is 16.8. The maximum Gasteiger partial charge on any atom is 0.323 e. The molecule has 0 heterocycles. The maximum atomic E-state index is 10.1. The summed E-state index contributed by atoms with van der Waals surface area (Å²) in [5.74, 6) is -1.09. The summed E-state index contributed by atoms with van der Waals surface area (Å²) in [7, 11) is 1.44. The third kappa shape index (κ3) is 18.9. The van der Waals surface area contributed by atoms with E-state index in [4.69, 9.17) is 21.4 Å². The number of nitrogens with zero attached hydrogens (tertiary/aromatic N) is 1. The minimum atomic E-state index is -0.993. The molecule has 0 bridgehead atoms. The average molecular weight is 339 g/mol. The molecule has 1 unspecified atom stereocenters. The highest BCUT2D eigenvalue weighted by Gasteiger charge is 2.03. The van der Waals surface area contributed by atoms with Crippen LogP contribution in [-0.4, -0.2) is 57.6 Å². The number of thiol groups is 2. The van der Waals surface area contributed by atoms with Crippen LogP contribution in [-0.2, 0) is 9.59 Å². The normalized spacial score (nSPS) is 11.0. The first-order chi connectivity index (χ1) is 9.70. The summed E-state index contributed by atoms with van der Waals surface area (Å²) in [4.78, 5) is 21.2. The van der Waals surface area contributed by atoms with Crippen LogP contribution in [0.15, 0.2) is 0 Å². The van der Waals surface area contributed by atoms with Crippen LogP contribution in [0.25, 0.3) is 0 Å². The van der Waals surface area contributed by atoms with Gasteiger partial charge in [-0.1, -0.05) is 6.42 Å². The van der Waals surface area contributed by atoms with Crippen LogP contribution in [0.3, 0.4) is 0 Å². The molecule has 9 heteroatoms. The second-order valence-corrected chi connectivity index (χ2v) is 5.62. The van der Waals surface area contributed by atoms with E-state index >= 15 is 0 Å². The van der Waals surface area contributed by atoms with Crippen LogP contribution in [0.1, 0.15) is 32.1 Å². The first-order valence-corrected chi connectivity index (χ1v) is 7.63. The molecule has 0 rings (SSSR count). The molecule has 5 N–H and O–H groups in total. The Bertz CT molecular complexity index is 330. The van der Waals surface area contributed by atoms with E-state index in [1.807, 2.05) is 0 Å². The minimum absolute atomic E-state index is 0.227. The Balaban J connectivity index is 0. The molecule has 21 heavy (non-hydrogen) atoms. The molecule has 0 spiro atoms. The third-order valence-corrected chi connectivity index (χ3v) is 3.20. The molecule has 0 aromatic carbocycles. The lowest BCUT2D eigenvalue weighted by molar-refractivity contribution is -0.138. The van der Waals surface area contributed by atoms with Gasteiger partial charge in [0.1, 0.15) is 6.54 Å². The number of nitrogens with one attached hydrogen (secondary N) is 1. The predicted octanol–water partition coefficient (Wildman–Crippen LogP) is 1.15. The molecular formula is C12H25N3O4S2. The van der Waals surface area contributed by atoms with Gasteiger partial charge in [-0.3, -0.25) is 15.0 Å². The Hall–Kier alpha value is -1.09. The fourth-order valence-corrected chi connectivity index (χ4v) is 2.06. The van der Waals surface area contributed by atoms with Gasteiger partial charge in [-0.25, -0.2) is 0 Å². The number of guanidine groups is 1. The van der Waals surface area contributed by atoms with Gasteiger partial charge in [0.15, 0.2) is 5.96 Å². The third-order valence-electron chi connectivity index (χ3n) is 2.42. The fraction of sp³-hybridized carbons (Fsp3) is 0.750. The zero-order valence-corrected chi connectivity index (χ0v) is 13.9. The number of hydrogen-bond donors (Lipinski definition) is 6. The molecule has 0 radical (unpaired) electrons. The molecule has 0 aromatic rings. The molecule has 1 atom stereocenters. The Kier molecular flexibility index (Phi) is 14.7. The van der Waals surface area contributed by atoms with Gasteiger partial charge >= 0.3 is 11.9 Å². The van der Waals surface area contributed by atoms with Crippen LogP contribution in [0.5, 0.6) is 0 Å². The Labute approximate surface area is 136 Å². The standard InChI is InChI=1S/C8H16O2S2.C4H9N3O2/c9-8(10)4-2-1-3-7(12)5-6-11;1-7(4(5)6)2-3(8)9/h7,11-12H,1-6H2,(H,9,10);2H2,1H3,(H3,5,6)(H,8,9). The Morgan fingerprint density at radius 3 is 2.14 bits per heavy atom. The van der Waals surface area contributed by atoms with E-state index in [1.54, 1.807) is 0 Å². The summed E-state index contributed by atoms with van der Waals surface area (Å²) < 4.78 is 0. The highest BCUT2D eigenvalue weighted by molar-refractivity contribution is 7.81. The maximum absolute atomic E-state index is 10.1. The molecule has 7 nitrogen and oxygen atoms in total. The van der Waals surface area contributed by atoms with E-state index in [1.165, 1.54) is 7.05 Å². The molecule has 124 valence electrons. The van der Waals surface area contributed by atoms with Gasteiger partial charge in [-0.15, -0.1) is 0 Å². The van der Waals surface area contributed by atoms with Gasteiger partial charge in [0.05, 0.1) is 0 Å². The van der Waals surface area contributed by atoms with Crippen molar-refractivity contribution in [1.29, 1.82) is 5.41 Å². The van der Waals surface area contributed by atoms with E-state index in [2.05, 4.69) is 25.3 Å². The van der Waals surface area contributed by atoms with E-state index in [0.29, 0.717) is 5.25 Å². The van der Waals surface area contributed by atoms with Crippen LogP contribution in [0.4, 0.5) is 0 Å². The first-order valence-electron chi connectivity index (χ1n) is 6.48. The number of carboxylic acids is 2. The molecule has 0 fully saturated rings. The predicted molar refractivity (Wildman–Crippen MR) is 89.5 cm³/mol. The van der Waals surface area contributed by atoms with Crippen molar-refractivity contribution in [1.82, 2.24) is 4.90 Å². The van der Waals surface area contributed by atoms with Crippen LogP contribution < -0.4 is 5.73 Å². The van der Waals surface area contributed by atoms with Crippen molar-refractivity contribution < 1.29 is 19.8 Å². The monoisotopic (exact) mass is 339 g/mol. The lowest BCUT2D eigenvalue weighted by atomic mass is 10.1. The number of rotatable bonds is 9. The summed E-state index contributed by atoms with van der Waals surface area (Å²) in [6.45, 7) is -0.227. The van der Waals surface area contributed by atoms with E-state index in [9.17, 15) is 9.59 Å². The molecule has 0 saturated carbocycles. The zero-order valence-electron chi connectivity index (χ0n) is 12.2. The smallest absolute Gasteiger partial charge is 0.323 e. The SMILES string of the molecule is CN(CC(=O)O)C(=N)N.O=C(O)CCCCC(S)CCS. The average Bonchev–Trinajstić information content (AvgIpc) is 2.34. The van der Waals surface area contributed by atoms with E-state index < -0.39 is 11.9 Å². The number of hydrogen-bond acceptors (Lipinski definition) is 5. The number of aliphatic carboxylic acids is 2. The first kappa shape index (κ1) is 22.2. The number of nitrogens with two attached hydrogens (primary N) is 1. The second kappa shape index (κ2) is 13.9. The topological polar surface area (TPSA) is 128 Å². The molecule has 0 aromatic heterocycles. The van der Waals surface area contributed by atoms with Crippen molar-refractivity contribution in [2.45, 2.75) is 37.4 Å². The van der Waals surface area contributed by atoms with Gasteiger partial charge in [0.2, 0.25) is 0 Å². The van der Waals surface area contributed by atoms with Gasteiger partial charge < -0.3 is 20.8 Å². The van der Waals surface area contributed by atoms with Crippen molar-refractivity contribution in [3.63, 3.8) is 0 Å². The van der Waals surface area contributed by atoms with Crippen molar-refractivity contribution in [3.8, 4) is 0 Å². The summed E-state index contributed by atoms with van der Waals surface area (Å²) >= 11 is 8.43. The molecule has 0 aliphatic heterocycles. The highest BCUT2D eigenvalue weighted by atomic mass is 32.1. The van der Waals surface area contributed by atoms with Gasteiger partial charge in [0.25, 0.3) is 0 Å². The quantitative estimate of drug-likeness (QED) is 0.162. The van der Waals surface area contributed by atoms with Gasteiger partial charge in [0, 0.05) is 18.7 Å². The number of carboxylic acid groups (broad SMARTS) is 2. The van der Waals surface area contributed by atoms with Crippen LogP contribution in [0.2, 0.25) is 0 Å². The highest BCUT2D eigenvalue weighted by Crippen LogP contribution is 2.12. The molecule has 0 amide bonds. The Morgan fingerprint density at radius 1 is 1.24 bits per heavy atom. The fourth-order valence-electron chi connectivity index (χ4n) is 1.24. The molecular weight excluding hydrogens is 314 g/mol. The second-order valence-electron chi connectivity index (χ2n) is 4.44. The van der Waals surface area contributed by atoms with Crippen molar-refractivity contribution >= 4 is 43.2 Å². The van der Waals surface area contributed by atoms with Crippen molar-refractivity contribution in [2.24, 2.45) is 5.73 Å². The van der Waals surface area contributed by atoms with Crippen LogP contribution in [0, 0.1) is 5.41 Å². The summed E-state index contributed by atoms with van der Waals surface area (Å²) in [5.41, 5.74) is 4.93. The summed E-state index contributed by atoms with van der Waals surface area (Å²) in [6, 6.07) is 0. The van der Waals surface area contributed by atoms with Gasteiger partial charge in [-0.05, 0) is 25.0 Å². The number of likely N-dealkylation sites (N-methyl/N-ethyl adjacent to an activating group) is 1. The molecule has 0 saturated heterocycles. The van der Waals surface area contributed by atoms with Crippen molar-refractivity contribution in [3.05, 3.63) is 0 Å². The van der Waals surface area contributed by atoms with E-state index in [-0.39, 0.29) is 18.9 Å². The lowest BCUT2D eigenvalue weighted by Crippen LogP contribution is -2.36. The van der Waals surface area contributed by atoms with Crippen molar-refractivity contribution in [2.75, 3.05) is 19.3 Å².